The van der Waals surface area contributed by atoms with Gasteiger partial charge in [-0.3, -0.25) is 0 Å². The molecule has 1 heterocycles. The first-order chi connectivity index (χ1) is 5.27. The fourth-order valence-electron chi connectivity index (χ4n) is 1.19. The van der Waals surface area contributed by atoms with Crippen LogP contribution >= 0.6 is 11.6 Å². The number of rotatable bonds is 1. The van der Waals surface area contributed by atoms with Crippen LogP contribution in [0.4, 0.5) is 5.69 Å². The van der Waals surface area contributed by atoms with Crippen molar-refractivity contribution >= 4 is 17.3 Å². The molecule has 0 radical (unpaired) electrons. The fourth-order valence-corrected chi connectivity index (χ4v) is 1.36. The Hall–Kier alpha value is -0.760. The van der Waals surface area contributed by atoms with Crippen LogP contribution in [0.3, 0.4) is 0 Å². The van der Waals surface area contributed by atoms with Crippen LogP contribution < -0.4 is 5.73 Å². The SMILES string of the molecule is Nc1cc(Cl)ncc1C1CC1. The molecule has 1 aromatic heterocycles. The average molecular weight is 169 g/mol. The molecule has 0 unspecified atom stereocenters. The van der Waals surface area contributed by atoms with Gasteiger partial charge in [0, 0.05) is 11.9 Å². The highest BCUT2D eigenvalue weighted by molar-refractivity contribution is 6.29. The van der Waals surface area contributed by atoms with Crippen molar-refractivity contribution in [3.63, 3.8) is 0 Å². The zero-order valence-corrected chi connectivity index (χ0v) is 6.80. The number of hydrogen-bond acceptors (Lipinski definition) is 2. The molecule has 1 aliphatic carbocycles. The Morgan fingerprint density at radius 1 is 1.55 bits per heavy atom. The molecule has 2 N–H and O–H groups in total. The van der Waals surface area contributed by atoms with E-state index in [0.29, 0.717) is 11.1 Å². The quantitative estimate of drug-likeness (QED) is 0.653. The Morgan fingerprint density at radius 3 is 2.82 bits per heavy atom. The summed E-state index contributed by atoms with van der Waals surface area (Å²) in [5.41, 5.74) is 7.68. The Morgan fingerprint density at radius 2 is 2.27 bits per heavy atom. The van der Waals surface area contributed by atoms with E-state index in [1.165, 1.54) is 12.8 Å². The van der Waals surface area contributed by atoms with Crippen LogP contribution in [0.5, 0.6) is 0 Å². The van der Waals surface area contributed by atoms with E-state index in [1.54, 1.807) is 12.3 Å². The molecule has 0 amide bonds. The Balaban J connectivity index is 2.39. The Kier molecular flexibility index (Phi) is 1.50. The molecule has 0 saturated heterocycles. The van der Waals surface area contributed by atoms with Gasteiger partial charge >= 0.3 is 0 Å². The number of nitrogens with two attached hydrogens (primary N) is 1. The standard InChI is InChI=1S/C8H9ClN2/c9-8-3-7(10)6(4-11-8)5-1-2-5/h3-5H,1-2H2,(H2,10,11). The highest BCUT2D eigenvalue weighted by atomic mass is 35.5. The summed E-state index contributed by atoms with van der Waals surface area (Å²) in [6, 6.07) is 1.72. The maximum atomic E-state index is 5.74. The molecule has 0 aromatic carbocycles. The van der Waals surface area contributed by atoms with E-state index in [-0.39, 0.29) is 0 Å². The van der Waals surface area contributed by atoms with E-state index >= 15 is 0 Å². The lowest BCUT2D eigenvalue weighted by Gasteiger charge is -2.01. The van der Waals surface area contributed by atoms with Crippen LogP contribution in [0.1, 0.15) is 24.3 Å². The van der Waals surface area contributed by atoms with Gasteiger partial charge in [-0.25, -0.2) is 4.98 Å². The predicted molar refractivity (Wildman–Crippen MR) is 45.6 cm³/mol. The zero-order valence-electron chi connectivity index (χ0n) is 6.05. The molecule has 2 nitrogen and oxygen atoms in total. The normalized spacial score (nSPS) is 16.8. The van der Waals surface area contributed by atoms with Gasteiger partial charge in [-0.2, -0.15) is 0 Å². The molecule has 0 atom stereocenters. The van der Waals surface area contributed by atoms with E-state index in [0.717, 1.165) is 11.3 Å². The third-order valence-electron chi connectivity index (χ3n) is 1.95. The van der Waals surface area contributed by atoms with Crippen LogP contribution in [0.25, 0.3) is 0 Å². The Bertz CT molecular complexity index is 281. The molecule has 1 aromatic rings. The zero-order chi connectivity index (χ0) is 7.84. The molecular formula is C8H9ClN2. The van der Waals surface area contributed by atoms with Gasteiger partial charge in [0.25, 0.3) is 0 Å². The van der Waals surface area contributed by atoms with Gasteiger partial charge in [-0.15, -0.1) is 0 Å². The van der Waals surface area contributed by atoms with Gasteiger partial charge in [0.2, 0.25) is 0 Å². The van der Waals surface area contributed by atoms with Gasteiger partial charge < -0.3 is 5.73 Å². The molecule has 0 bridgehead atoms. The van der Waals surface area contributed by atoms with Crippen molar-refractivity contribution < 1.29 is 0 Å². The summed E-state index contributed by atoms with van der Waals surface area (Å²) in [5, 5.41) is 0.479. The molecule has 58 valence electrons. The van der Waals surface area contributed by atoms with Crippen LogP contribution in [-0.4, -0.2) is 4.98 Å². The molecule has 2 rings (SSSR count). The minimum atomic E-state index is 0.479. The fraction of sp³-hybridized carbons (Fsp3) is 0.375. The second-order valence-corrected chi connectivity index (χ2v) is 3.30. The third kappa shape index (κ3) is 1.31. The number of halogens is 1. The number of anilines is 1. The second kappa shape index (κ2) is 2.38. The topological polar surface area (TPSA) is 38.9 Å². The molecular weight excluding hydrogens is 160 g/mol. The van der Waals surface area contributed by atoms with E-state index in [2.05, 4.69) is 4.98 Å². The van der Waals surface area contributed by atoms with Crippen molar-refractivity contribution in [3.8, 4) is 0 Å². The van der Waals surface area contributed by atoms with Gasteiger partial charge in [-0.05, 0) is 30.4 Å². The molecule has 3 heteroatoms. The number of nitrogen functional groups attached to an aromatic ring is 1. The molecule has 0 aliphatic heterocycles. The highest BCUT2D eigenvalue weighted by Crippen LogP contribution is 2.42. The van der Waals surface area contributed by atoms with Crippen LogP contribution in [-0.2, 0) is 0 Å². The molecule has 1 saturated carbocycles. The average Bonchev–Trinajstić information content (AvgIpc) is 2.70. The summed E-state index contributed by atoms with van der Waals surface area (Å²) < 4.78 is 0. The van der Waals surface area contributed by atoms with Gasteiger partial charge in [-0.1, -0.05) is 11.6 Å². The lowest BCUT2D eigenvalue weighted by atomic mass is 10.1. The minimum absolute atomic E-state index is 0.479. The summed E-state index contributed by atoms with van der Waals surface area (Å²) in [7, 11) is 0. The lowest BCUT2D eigenvalue weighted by molar-refractivity contribution is 1.10. The van der Waals surface area contributed by atoms with Crippen molar-refractivity contribution in [2.45, 2.75) is 18.8 Å². The number of nitrogens with zero attached hydrogens (tertiary/aromatic N) is 1. The summed E-state index contributed by atoms with van der Waals surface area (Å²) >= 11 is 5.65. The van der Waals surface area contributed by atoms with Crippen molar-refractivity contribution in [2.24, 2.45) is 0 Å². The van der Waals surface area contributed by atoms with Crippen molar-refractivity contribution in [2.75, 3.05) is 5.73 Å². The molecule has 1 fully saturated rings. The van der Waals surface area contributed by atoms with Gasteiger partial charge in [0.05, 0.1) is 0 Å². The third-order valence-corrected chi connectivity index (χ3v) is 2.16. The number of aromatic nitrogens is 1. The largest absolute Gasteiger partial charge is 0.398 e. The minimum Gasteiger partial charge on any atom is -0.398 e. The summed E-state index contributed by atoms with van der Waals surface area (Å²) in [5.74, 6) is 0.653. The number of hydrogen-bond donors (Lipinski definition) is 1. The van der Waals surface area contributed by atoms with Crippen molar-refractivity contribution in [3.05, 3.63) is 23.0 Å². The van der Waals surface area contributed by atoms with E-state index in [9.17, 15) is 0 Å². The van der Waals surface area contributed by atoms with Crippen LogP contribution in [0, 0.1) is 0 Å². The van der Waals surface area contributed by atoms with E-state index < -0.39 is 0 Å². The Labute approximate surface area is 70.4 Å². The molecule has 0 spiro atoms. The number of pyridine rings is 1. The predicted octanol–water partition coefficient (Wildman–Crippen LogP) is 2.19. The van der Waals surface area contributed by atoms with E-state index in [1.807, 2.05) is 0 Å². The summed E-state index contributed by atoms with van der Waals surface area (Å²) in [6.45, 7) is 0. The van der Waals surface area contributed by atoms with E-state index in [4.69, 9.17) is 17.3 Å². The first-order valence-corrected chi connectivity index (χ1v) is 4.06. The molecule has 1 aliphatic rings. The lowest BCUT2D eigenvalue weighted by Crippen LogP contribution is -1.93. The van der Waals surface area contributed by atoms with Crippen LogP contribution in [0.15, 0.2) is 12.3 Å². The summed E-state index contributed by atoms with van der Waals surface area (Å²) in [4.78, 5) is 3.99. The van der Waals surface area contributed by atoms with Crippen LogP contribution in [0.2, 0.25) is 5.15 Å². The van der Waals surface area contributed by atoms with Gasteiger partial charge in [0.15, 0.2) is 0 Å². The summed E-state index contributed by atoms with van der Waals surface area (Å²) in [6.07, 6.45) is 4.27. The maximum Gasteiger partial charge on any atom is 0.131 e. The maximum absolute atomic E-state index is 5.74. The van der Waals surface area contributed by atoms with Gasteiger partial charge in [0.1, 0.15) is 5.15 Å². The molecule has 11 heavy (non-hydrogen) atoms. The second-order valence-electron chi connectivity index (χ2n) is 2.91. The smallest absolute Gasteiger partial charge is 0.131 e. The highest BCUT2D eigenvalue weighted by Gasteiger charge is 2.25. The van der Waals surface area contributed by atoms with Crippen molar-refractivity contribution in [1.82, 2.24) is 4.98 Å². The first kappa shape index (κ1) is 6.92. The van der Waals surface area contributed by atoms with Crippen molar-refractivity contribution in [1.29, 1.82) is 0 Å². The monoisotopic (exact) mass is 168 g/mol. The first-order valence-electron chi connectivity index (χ1n) is 3.68.